The largest absolute Gasteiger partial charge is 0.334 e. The smallest absolute Gasteiger partial charge is 0.254 e. The van der Waals surface area contributed by atoms with E-state index in [1.165, 1.54) is 6.07 Å². The SMILES string of the molecule is CCc1nccn1C[C@H]1CCCN1C(=O)c1ccc(F)c(CSC)c1. The first-order valence-electron chi connectivity index (χ1n) is 8.72. The molecule has 1 fully saturated rings. The average molecular weight is 361 g/mol. The van der Waals surface area contributed by atoms with Crippen molar-refractivity contribution in [3.8, 4) is 0 Å². The van der Waals surface area contributed by atoms with Gasteiger partial charge in [-0.15, -0.1) is 0 Å². The Morgan fingerprint density at radius 2 is 2.28 bits per heavy atom. The molecule has 25 heavy (non-hydrogen) atoms. The van der Waals surface area contributed by atoms with Crippen LogP contribution in [-0.4, -0.2) is 39.2 Å². The van der Waals surface area contributed by atoms with Gasteiger partial charge in [-0.05, 0) is 42.9 Å². The van der Waals surface area contributed by atoms with Crippen LogP contribution in [0, 0.1) is 5.82 Å². The summed E-state index contributed by atoms with van der Waals surface area (Å²) in [6, 6.07) is 4.89. The number of aryl methyl sites for hydroxylation is 1. The maximum Gasteiger partial charge on any atom is 0.254 e. The van der Waals surface area contributed by atoms with Crippen molar-refractivity contribution in [2.75, 3.05) is 12.8 Å². The van der Waals surface area contributed by atoms with Crippen LogP contribution >= 0.6 is 11.8 Å². The van der Waals surface area contributed by atoms with Gasteiger partial charge >= 0.3 is 0 Å². The van der Waals surface area contributed by atoms with Crippen LogP contribution in [0.4, 0.5) is 4.39 Å². The molecule has 0 aliphatic carbocycles. The molecule has 0 saturated carbocycles. The molecule has 1 aliphatic heterocycles. The molecular weight excluding hydrogens is 337 g/mol. The number of imidazole rings is 1. The minimum atomic E-state index is -0.241. The summed E-state index contributed by atoms with van der Waals surface area (Å²) in [5.41, 5.74) is 1.18. The molecule has 0 unspecified atom stereocenters. The van der Waals surface area contributed by atoms with Crippen molar-refractivity contribution < 1.29 is 9.18 Å². The van der Waals surface area contributed by atoms with Gasteiger partial charge in [0, 0.05) is 43.2 Å². The van der Waals surface area contributed by atoms with Crippen molar-refractivity contribution in [3.05, 3.63) is 53.4 Å². The van der Waals surface area contributed by atoms with Crippen LogP contribution in [-0.2, 0) is 18.7 Å². The highest BCUT2D eigenvalue weighted by Crippen LogP contribution is 2.24. The second-order valence-electron chi connectivity index (χ2n) is 6.38. The molecule has 134 valence electrons. The highest BCUT2D eigenvalue weighted by Gasteiger charge is 2.30. The van der Waals surface area contributed by atoms with Crippen LogP contribution in [0.15, 0.2) is 30.6 Å². The molecule has 1 aromatic carbocycles. The normalized spacial score (nSPS) is 17.2. The van der Waals surface area contributed by atoms with E-state index in [4.69, 9.17) is 0 Å². The Hall–Kier alpha value is -1.82. The number of benzene rings is 1. The van der Waals surface area contributed by atoms with Crippen LogP contribution in [0.2, 0.25) is 0 Å². The van der Waals surface area contributed by atoms with Crippen LogP contribution in [0.25, 0.3) is 0 Å². The summed E-state index contributed by atoms with van der Waals surface area (Å²) in [6.45, 7) is 3.62. The van der Waals surface area contributed by atoms with Crippen LogP contribution < -0.4 is 0 Å². The van der Waals surface area contributed by atoms with Crippen molar-refractivity contribution >= 4 is 17.7 Å². The molecule has 0 N–H and O–H groups in total. The lowest BCUT2D eigenvalue weighted by Crippen LogP contribution is -2.38. The summed E-state index contributed by atoms with van der Waals surface area (Å²) in [4.78, 5) is 19.3. The van der Waals surface area contributed by atoms with E-state index in [0.717, 1.165) is 38.2 Å². The van der Waals surface area contributed by atoms with Crippen LogP contribution in [0.5, 0.6) is 0 Å². The number of likely N-dealkylation sites (tertiary alicyclic amines) is 1. The molecule has 2 heterocycles. The zero-order valence-electron chi connectivity index (χ0n) is 14.7. The Bertz CT molecular complexity index is 746. The molecule has 0 bridgehead atoms. The minimum Gasteiger partial charge on any atom is -0.334 e. The Morgan fingerprint density at radius 1 is 1.44 bits per heavy atom. The van der Waals surface area contributed by atoms with E-state index < -0.39 is 0 Å². The van der Waals surface area contributed by atoms with E-state index in [1.54, 1.807) is 23.9 Å². The fourth-order valence-corrected chi connectivity index (χ4v) is 4.01. The van der Waals surface area contributed by atoms with Crippen LogP contribution in [0.1, 0.15) is 41.5 Å². The molecule has 3 rings (SSSR count). The Labute approximate surface area is 152 Å². The highest BCUT2D eigenvalue weighted by molar-refractivity contribution is 7.97. The van der Waals surface area contributed by atoms with Gasteiger partial charge in [-0.1, -0.05) is 6.92 Å². The predicted octanol–water partition coefficient (Wildman–Crippen LogP) is 3.75. The molecule has 1 saturated heterocycles. The number of thioether (sulfide) groups is 1. The van der Waals surface area contributed by atoms with E-state index >= 15 is 0 Å². The Morgan fingerprint density at radius 3 is 3.04 bits per heavy atom. The summed E-state index contributed by atoms with van der Waals surface area (Å²) in [5.74, 6) is 1.38. The van der Waals surface area contributed by atoms with E-state index in [9.17, 15) is 9.18 Å². The lowest BCUT2D eigenvalue weighted by atomic mass is 10.1. The molecule has 2 aromatic rings. The van der Waals surface area contributed by atoms with Crippen LogP contribution in [0.3, 0.4) is 0 Å². The van der Waals surface area contributed by atoms with E-state index in [2.05, 4.69) is 16.5 Å². The Balaban J connectivity index is 1.78. The zero-order chi connectivity index (χ0) is 17.8. The Kier molecular flexibility index (Phi) is 5.78. The summed E-state index contributed by atoms with van der Waals surface area (Å²) >= 11 is 1.55. The van der Waals surface area contributed by atoms with Crippen molar-refractivity contribution in [2.45, 2.75) is 44.5 Å². The monoisotopic (exact) mass is 361 g/mol. The number of carbonyl (C=O) groups excluding carboxylic acids is 1. The van der Waals surface area contributed by atoms with Gasteiger partial charge in [-0.2, -0.15) is 11.8 Å². The van der Waals surface area contributed by atoms with Gasteiger partial charge in [0.15, 0.2) is 0 Å². The summed E-state index contributed by atoms with van der Waals surface area (Å²) in [5, 5.41) is 0. The van der Waals surface area contributed by atoms with Crippen molar-refractivity contribution in [3.63, 3.8) is 0 Å². The third-order valence-corrected chi connectivity index (χ3v) is 5.36. The number of amides is 1. The maximum atomic E-state index is 13.9. The number of halogens is 1. The number of nitrogens with zero attached hydrogens (tertiary/aromatic N) is 3. The predicted molar refractivity (Wildman–Crippen MR) is 99.3 cm³/mol. The minimum absolute atomic E-state index is 0.00279. The fourth-order valence-electron chi connectivity index (χ4n) is 3.48. The number of aromatic nitrogens is 2. The number of rotatable bonds is 6. The van der Waals surface area contributed by atoms with Gasteiger partial charge in [0.1, 0.15) is 11.6 Å². The molecular formula is C19H24FN3OS. The molecule has 0 spiro atoms. The molecule has 1 atom stereocenters. The molecule has 4 nitrogen and oxygen atoms in total. The third-order valence-electron chi connectivity index (χ3n) is 4.76. The van der Waals surface area contributed by atoms with Gasteiger partial charge < -0.3 is 9.47 Å². The first-order chi connectivity index (χ1) is 12.1. The first kappa shape index (κ1) is 18.0. The summed E-state index contributed by atoms with van der Waals surface area (Å²) in [6.07, 6.45) is 8.60. The standard InChI is InChI=1S/C19H24FN3OS/c1-3-18-21-8-10-22(18)12-16-5-4-9-23(16)19(24)14-6-7-17(20)15(11-14)13-25-2/h6-8,10-11,16H,3-5,9,12-13H2,1-2H3/t16-/m1/s1. The first-order valence-corrected chi connectivity index (χ1v) is 10.1. The molecule has 0 radical (unpaired) electrons. The molecule has 6 heteroatoms. The second-order valence-corrected chi connectivity index (χ2v) is 7.25. The molecule has 1 aliphatic rings. The third kappa shape index (κ3) is 3.89. The van der Waals surface area contributed by atoms with Gasteiger partial charge in [0.2, 0.25) is 0 Å². The van der Waals surface area contributed by atoms with Gasteiger partial charge in [0.25, 0.3) is 5.91 Å². The summed E-state index contributed by atoms with van der Waals surface area (Å²) < 4.78 is 16.0. The quantitative estimate of drug-likeness (QED) is 0.786. The fraction of sp³-hybridized carbons (Fsp3) is 0.474. The van der Waals surface area contributed by atoms with Gasteiger partial charge in [0.05, 0.1) is 6.04 Å². The highest BCUT2D eigenvalue weighted by atomic mass is 32.2. The number of hydrogen-bond acceptors (Lipinski definition) is 3. The van der Waals surface area contributed by atoms with E-state index in [1.807, 2.05) is 23.5 Å². The molecule has 1 aromatic heterocycles. The average Bonchev–Trinajstić information content (AvgIpc) is 3.26. The van der Waals surface area contributed by atoms with Gasteiger partial charge in [-0.25, -0.2) is 9.37 Å². The zero-order valence-corrected chi connectivity index (χ0v) is 15.6. The van der Waals surface area contributed by atoms with Crippen molar-refractivity contribution in [2.24, 2.45) is 0 Å². The maximum absolute atomic E-state index is 13.9. The van der Waals surface area contributed by atoms with Crippen molar-refractivity contribution in [1.82, 2.24) is 14.5 Å². The number of hydrogen-bond donors (Lipinski definition) is 0. The summed E-state index contributed by atoms with van der Waals surface area (Å²) in [7, 11) is 0. The lowest BCUT2D eigenvalue weighted by Gasteiger charge is -2.26. The van der Waals surface area contributed by atoms with E-state index in [0.29, 0.717) is 16.9 Å². The van der Waals surface area contributed by atoms with Crippen molar-refractivity contribution in [1.29, 1.82) is 0 Å². The molecule has 1 amide bonds. The van der Waals surface area contributed by atoms with Gasteiger partial charge in [-0.3, -0.25) is 4.79 Å². The lowest BCUT2D eigenvalue weighted by molar-refractivity contribution is 0.0723. The van der Waals surface area contributed by atoms with E-state index in [-0.39, 0.29) is 17.8 Å². The second kappa shape index (κ2) is 8.04. The topological polar surface area (TPSA) is 38.1 Å². The number of carbonyl (C=O) groups is 1.